The number of carboxylic acids is 1. The number of aliphatic carboxylic acids is 1. The van der Waals surface area contributed by atoms with Crippen molar-refractivity contribution in [2.24, 2.45) is 0 Å². The molecule has 3 rings (SSSR count). The maximum atomic E-state index is 11.4. The van der Waals surface area contributed by atoms with E-state index in [-0.39, 0.29) is 0 Å². The van der Waals surface area contributed by atoms with E-state index >= 15 is 0 Å². The van der Waals surface area contributed by atoms with Crippen molar-refractivity contribution in [3.63, 3.8) is 0 Å². The number of aryl methyl sites for hydroxylation is 2. The third kappa shape index (κ3) is 4.57. The molecule has 1 aliphatic carbocycles. The van der Waals surface area contributed by atoms with Crippen molar-refractivity contribution in [2.75, 3.05) is 20.6 Å². The first-order valence-electron chi connectivity index (χ1n) is 9.49. The molecule has 1 aromatic carbocycles. The van der Waals surface area contributed by atoms with Gasteiger partial charge in [0.15, 0.2) is 0 Å². The van der Waals surface area contributed by atoms with Crippen LogP contribution in [0.25, 0.3) is 11.6 Å². The van der Waals surface area contributed by atoms with Crippen molar-refractivity contribution in [3.8, 4) is 0 Å². The summed E-state index contributed by atoms with van der Waals surface area (Å²) in [5.74, 6) is -0.826. The van der Waals surface area contributed by atoms with E-state index in [9.17, 15) is 9.90 Å². The fraction of sp³-hybridized carbons (Fsp3) is 0.348. The monoisotopic (exact) mass is 381 g/mol. The van der Waals surface area contributed by atoms with E-state index < -0.39 is 5.97 Å². The Balaban J connectivity index is 2.06. The number of thiophene rings is 1. The Bertz CT molecular complexity index is 890. The molecule has 1 N–H and O–H groups in total. The molecule has 0 saturated carbocycles. The Morgan fingerprint density at radius 3 is 2.70 bits per heavy atom. The van der Waals surface area contributed by atoms with E-state index in [0.717, 1.165) is 30.7 Å². The molecule has 4 heteroatoms. The summed E-state index contributed by atoms with van der Waals surface area (Å²) in [6, 6.07) is 10.8. The van der Waals surface area contributed by atoms with Crippen molar-refractivity contribution in [1.29, 1.82) is 0 Å². The highest BCUT2D eigenvalue weighted by Crippen LogP contribution is 2.38. The highest BCUT2D eigenvalue weighted by atomic mass is 32.1. The second-order valence-corrected chi connectivity index (χ2v) is 8.35. The molecule has 0 amide bonds. The minimum Gasteiger partial charge on any atom is -0.478 e. The lowest BCUT2D eigenvalue weighted by molar-refractivity contribution is -0.132. The largest absolute Gasteiger partial charge is 0.478 e. The quantitative estimate of drug-likeness (QED) is 0.707. The first-order valence-corrected chi connectivity index (χ1v) is 10.3. The SMILES string of the molecule is CCC(=Cc1cc2c(s1)CCc1ccccc1C2=CCCN(C)C)C(=O)O. The van der Waals surface area contributed by atoms with Gasteiger partial charge in [-0.15, -0.1) is 11.3 Å². The summed E-state index contributed by atoms with van der Waals surface area (Å²) >= 11 is 1.73. The number of hydrogen-bond acceptors (Lipinski definition) is 3. The van der Waals surface area contributed by atoms with Crippen LogP contribution in [0, 0.1) is 0 Å². The van der Waals surface area contributed by atoms with E-state index in [2.05, 4.69) is 55.4 Å². The van der Waals surface area contributed by atoms with Crippen molar-refractivity contribution in [2.45, 2.75) is 32.6 Å². The summed E-state index contributed by atoms with van der Waals surface area (Å²) in [6.07, 6.45) is 7.74. The topological polar surface area (TPSA) is 40.5 Å². The number of benzene rings is 1. The van der Waals surface area contributed by atoms with Crippen LogP contribution in [0.1, 0.15) is 46.2 Å². The van der Waals surface area contributed by atoms with Crippen LogP contribution in [0.3, 0.4) is 0 Å². The van der Waals surface area contributed by atoms with Crippen molar-refractivity contribution in [3.05, 3.63) is 68.4 Å². The predicted molar refractivity (Wildman–Crippen MR) is 114 cm³/mol. The van der Waals surface area contributed by atoms with Gasteiger partial charge < -0.3 is 10.0 Å². The fourth-order valence-corrected chi connectivity index (χ4v) is 4.65. The number of rotatable bonds is 6. The van der Waals surface area contributed by atoms with Gasteiger partial charge in [0.2, 0.25) is 0 Å². The summed E-state index contributed by atoms with van der Waals surface area (Å²) in [5, 5.41) is 9.35. The lowest BCUT2D eigenvalue weighted by Crippen LogP contribution is -2.12. The van der Waals surface area contributed by atoms with Crippen LogP contribution in [0.4, 0.5) is 0 Å². The van der Waals surface area contributed by atoms with Gasteiger partial charge in [0.1, 0.15) is 0 Å². The van der Waals surface area contributed by atoms with E-state index in [4.69, 9.17) is 0 Å². The van der Waals surface area contributed by atoms with Crippen LogP contribution in [-0.4, -0.2) is 36.6 Å². The van der Waals surface area contributed by atoms with E-state index in [1.54, 1.807) is 11.3 Å². The number of hydrogen-bond donors (Lipinski definition) is 1. The zero-order valence-electron chi connectivity index (χ0n) is 16.3. The molecule has 27 heavy (non-hydrogen) atoms. The summed E-state index contributed by atoms with van der Waals surface area (Å²) in [4.78, 5) is 16.0. The van der Waals surface area contributed by atoms with Crippen LogP contribution in [0.2, 0.25) is 0 Å². The van der Waals surface area contributed by atoms with Crippen LogP contribution < -0.4 is 0 Å². The van der Waals surface area contributed by atoms with Gasteiger partial charge in [-0.1, -0.05) is 37.3 Å². The average Bonchev–Trinajstić information content (AvgIpc) is 2.98. The lowest BCUT2D eigenvalue weighted by atomic mass is 9.95. The van der Waals surface area contributed by atoms with E-state index in [1.807, 2.05) is 13.0 Å². The molecule has 3 nitrogen and oxygen atoms in total. The van der Waals surface area contributed by atoms with Gasteiger partial charge in [0, 0.05) is 21.9 Å². The normalized spacial score (nSPS) is 15.6. The highest BCUT2D eigenvalue weighted by molar-refractivity contribution is 7.13. The number of nitrogens with zero attached hydrogens (tertiary/aromatic N) is 1. The smallest absolute Gasteiger partial charge is 0.331 e. The minimum absolute atomic E-state index is 0.463. The summed E-state index contributed by atoms with van der Waals surface area (Å²) in [7, 11) is 4.19. The Labute approximate surface area is 165 Å². The molecule has 0 radical (unpaired) electrons. The Kier molecular flexibility index (Phi) is 6.30. The third-order valence-electron chi connectivity index (χ3n) is 4.94. The van der Waals surface area contributed by atoms with E-state index in [1.165, 1.54) is 27.1 Å². The molecule has 0 spiro atoms. The Hall–Kier alpha value is -2.17. The second-order valence-electron chi connectivity index (χ2n) is 7.18. The van der Waals surface area contributed by atoms with Crippen LogP contribution in [0.15, 0.2) is 42.0 Å². The highest BCUT2D eigenvalue weighted by Gasteiger charge is 2.20. The standard InChI is InChI=1S/C23H27NO2S/c1-4-16(23(25)26)14-18-15-21-20(10-7-13-24(2)3)19-9-6-5-8-17(19)11-12-22(21)27-18/h5-6,8-10,14-15H,4,7,11-13H2,1-3H3,(H,25,26). The second kappa shape index (κ2) is 8.68. The molecular formula is C23H27NO2S. The summed E-state index contributed by atoms with van der Waals surface area (Å²) in [6.45, 7) is 2.90. The lowest BCUT2D eigenvalue weighted by Gasteiger charge is -2.11. The molecule has 1 aliphatic rings. The molecule has 0 bridgehead atoms. The van der Waals surface area contributed by atoms with Gasteiger partial charge >= 0.3 is 5.97 Å². The number of carbonyl (C=O) groups is 1. The summed E-state index contributed by atoms with van der Waals surface area (Å²) in [5.41, 5.74) is 5.75. The molecule has 1 heterocycles. The van der Waals surface area contributed by atoms with Gasteiger partial charge in [-0.3, -0.25) is 0 Å². The average molecular weight is 382 g/mol. The van der Waals surface area contributed by atoms with Crippen molar-refractivity contribution in [1.82, 2.24) is 4.90 Å². The van der Waals surface area contributed by atoms with Gasteiger partial charge in [0.25, 0.3) is 0 Å². The predicted octanol–water partition coefficient (Wildman–Crippen LogP) is 5.11. The maximum Gasteiger partial charge on any atom is 0.331 e. The summed E-state index contributed by atoms with van der Waals surface area (Å²) < 4.78 is 0. The zero-order valence-corrected chi connectivity index (χ0v) is 17.1. The van der Waals surface area contributed by atoms with Gasteiger partial charge in [-0.05, 0) is 74.2 Å². The molecule has 0 unspecified atom stereocenters. The molecule has 0 atom stereocenters. The first-order chi connectivity index (χ1) is 13.0. The minimum atomic E-state index is -0.826. The molecule has 0 aliphatic heterocycles. The first kappa shape index (κ1) is 19.6. The van der Waals surface area contributed by atoms with Crippen molar-refractivity contribution < 1.29 is 9.90 Å². The Morgan fingerprint density at radius 1 is 1.22 bits per heavy atom. The van der Waals surface area contributed by atoms with Crippen LogP contribution in [-0.2, 0) is 17.6 Å². The van der Waals surface area contributed by atoms with Gasteiger partial charge in [-0.2, -0.15) is 0 Å². The molecule has 1 aromatic heterocycles. The van der Waals surface area contributed by atoms with Crippen LogP contribution >= 0.6 is 11.3 Å². The Morgan fingerprint density at radius 2 is 2.00 bits per heavy atom. The van der Waals surface area contributed by atoms with Crippen molar-refractivity contribution >= 4 is 29.0 Å². The zero-order chi connectivity index (χ0) is 19.4. The van der Waals surface area contributed by atoms with E-state index in [0.29, 0.717) is 12.0 Å². The maximum absolute atomic E-state index is 11.4. The van der Waals surface area contributed by atoms with Gasteiger partial charge in [-0.25, -0.2) is 4.79 Å². The molecule has 0 saturated heterocycles. The molecular weight excluding hydrogens is 354 g/mol. The van der Waals surface area contributed by atoms with Crippen LogP contribution in [0.5, 0.6) is 0 Å². The fourth-order valence-electron chi connectivity index (χ4n) is 3.50. The number of carboxylic acid groups (broad SMARTS) is 1. The van der Waals surface area contributed by atoms with Gasteiger partial charge in [0.05, 0.1) is 0 Å². The molecule has 2 aromatic rings. The third-order valence-corrected chi connectivity index (χ3v) is 6.09. The number of fused-ring (bicyclic) bond motifs is 2. The molecule has 0 fully saturated rings. The molecule has 142 valence electrons.